The Kier molecular flexibility index (Phi) is 16.2. The molecule has 290 valence electrons. The molecule has 3 amide bonds. The molecule has 0 aliphatic rings. The van der Waals surface area contributed by atoms with Gasteiger partial charge in [0.25, 0.3) is 0 Å². The highest BCUT2D eigenvalue weighted by molar-refractivity contribution is 5.90. The second-order valence-corrected chi connectivity index (χ2v) is 12.4. The molecule has 0 aliphatic heterocycles. The Morgan fingerprint density at radius 3 is 2.07 bits per heavy atom. The molecule has 4 rings (SSSR count). The number of nitrogens with zero attached hydrogens (tertiary/aromatic N) is 1. The van der Waals surface area contributed by atoms with Crippen LogP contribution >= 0.6 is 0 Å². The number of alkyl halides is 3. The Morgan fingerprint density at radius 1 is 0.727 bits per heavy atom. The fourth-order valence-electron chi connectivity index (χ4n) is 5.34. The fourth-order valence-corrected chi connectivity index (χ4v) is 5.34. The molecule has 3 aromatic carbocycles. The fraction of sp³-hybridized carbons (Fsp3) is 0.300. The summed E-state index contributed by atoms with van der Waals surface area (Å²) in [6, 6.07) is 28.0. The number of carbonyl (C=O) groups excluding carboxylic acids is 5. The standard InChI is InChI=1S/C40H42F3N5O7/c41-40(42,43)38(52)55-36(50)26-33(31-21-19-30(20-22-31)29-14-5-2-6-15-29)48-37(51)32(47-35(49)18-11-25-45-34-17-8-10-23-44-34)16-7-9-24-46-39(53)54-27-28-12-3-1-4-13-28/h1-6,8,10,12-15,17,19-23,32-33H,7,9,11,16,18,24-27H2,(H,44,45)(H,46,53)(H,47,49)(H,48,51)/t32-,33?/m0/s1. The van der Waals surface area contributed by atoms with Crippen molar-refractivity contribution < 1.29 is 46.6 Å². The van der Waals surface area contributed by atoms with E-state index in [1.807, 2.05) is 66.7 Å². The summed E-state index contributed by atoms with van der Waals surface area (Å²) in [5.41, 5.74) is 2.83. The lowest BCUT2D eigenvalue weighted by molar-refractivity contribution is -0.202. The molecule has 0 fully saturated rings. The summed E-state index contributed by atoms with van der Waals surface area (Å²) in [5, 5.41) is 11.1. The van der Waals surface area contributed by atoms with E-state index in [0.29, 0.717) is 37.2 Å². The van der Waals surface area contributed by atoms with Crippen molar-refractivity contribution in [2.75, 3.05) is 18.4 Å². The van der Waals surface area contributed by atoms with E-state index >= 15 is 0 Å². The lowest BCUT2D eigenvalue weighted by Crippen LogP contribution is -2.48. The zero-order chi connectivity index (χ0) is 39.5. The number of hydrogen-bond acceptors (Lipinski definition) is 9. The van der Waals surface area contributed by atoms with E-state index in [1.165, 1.54) is 0 Å². The number of aromatic nitrogens is 1. The van der Waals surface area contributed by atoms with Crippen LogP contribution in [0.1, 0.15) is 55.7 Å². The van der Waals surface area contributed by atoms with Crippen molar-refractivity contribution >= 4 is 35.7 Å². The first-order chi connectivity index (χ1) is 26.5. The molecule has 0 spiro atoms. The highest BCUT2D eigenvalue weighted by atomic mass is 19.4. The van der Waals surface area contributed by atoms with E-state index in [9.17, 15) is 37.1 Å². The van der Waals surface area contributed by atoms with Crippen LogP contribution in [0.4, 0.5) is 23.8 Å². The van der Waals surface area contributed by atoms with Gasteiger partial charge in [-0.2, -0.15) is 13.2 Å². The van der Waals surface area contributed by atoms with Gasteiger partial charge in [0.1, 0.15) is 18.5 Å². The molecule has 0 saturated heterocycles. The van der Waals surface area contributed by atoms with E-state index < -0.39 is 54.5 Å². The number of anilines is 1. The van der Waals surface area contributed by atoms with E-state index in [4.69, 9.17) is 4.74 Å². The Bertz CT molecular complexity index is 1830. The van der Waals surface area contributed by atoms with Crippen molar-refractivity contribution in [2.45, 2.75) is 63.4 Å². The average molecular weight is 762 g/mol. The van der Waals surface area contributed by atoms with Gasteiger partial charge in [0.05, 0.1) is 12.5 Å². The first-order valence-corrected chi connectivity index (χ1v) is 17.6. The number of unbranched alkanes of at least 4 members (excludes halogenated alkanes) is 1. The minimum absolute atomic E-state index is 0.0503. The van der Waals surface area contributed by atoms with E-state index in [0.717, 1.165) is 16.7 Å². The number of esters is 2. The summed E-state index contributed by atoms with van der Waals surface area (Å²) < 4.78 is 47.8. The predicted molar refractivity (Wildman–Crippen MR) is 197 cm³/mol. The first-order valence-electron chi connectivity index (χ1n) is 17.6. The van der Waals surface area contributed by atoms with Crippen molar-refractivity contribution in [1.82, 2.24) is 20.9 Å². The van der Waals surface area contributed by atoms with Gasteiger partial charge >= 0.3 is 24.2 Å². The van der Waals surface area contributed by atoms with E-state index in [2.05, 4.69) is 31.0 Å². The Labute approximate surface area is 316 Å². The number of rotatable bonds is 19. The topological polar surface area (TPSA) is 165 Å². The van der Waals surface area contributed by atoms with Gasteiger partial charge in [0.2, 0.25) is 11.8 Å². The molecule has 4 N–H and O–H groups in total. The van der Waals surface area contributed by atoms with Gasteiger partial charge in [-0.15, -0.1) is 0 Å². The molecule has 1 heterocycles. The van der Waals surface area contributed by atoms with Crippen LogP contribution < -0.4 is 21.3 Å². The minimum atomic E-state index is -5.40. The number of benzene rings is 3. The van der Waals surface area contributed by atoms with Gasteiger partial charge in [-0.05, 0) is 60.1 Å². The third-order valence-electron chi connectivity index (χ3n) is 8.15. The molecule has 55 heavy (non-hydrogen) atoms. The molecular weight excluding hydrogens is 719 g/mol. The number of alkyl carbamates (subject to hydrolysis) is 1. The molecule has 4 aromatic rings. The lowest BCUT2D eigenvalue weighted by atomic mass is 9.98. The van der Waals surface area contributed by atoms with Crippen LogP contribution in [0.15, 0.2) is 109 Å². The summed E-state index contributed by atoms with van der Waals surface area (Å²) >= 11 is 0. The second kappa shape index (κ2) is 21.5. The van der Waals surface area contributed by atoms with Crippen LogP contribution in [-0.4, -0.2) is 60.1 Å². The van der Waals surface area contributed by atoms with Crippen LogP contribution in [0.25, 0.3) is 11.1 Å². The molecule has 0 radical (unpaired) electrons. The Balaban J connectivity index is 1.41. The van der Waals surface area contributed by atoms with Crippen LogP contribution in [-0.2, 0) is 35.3 Å². The third-order valence-corrected chi connectivity index (χ3v) is 8.15. The number of amides is 3. The molecule has 0 aliphatic carbocycles. The molecular formula is C40H42F3N5O7. The number of pyridine rings is 1. The molecule has 12 nitrogen and oxygen atoms in total. The van der Waals surface area contributed by atoms with Gasteiger partial charge in [0.15, 0.2) is 0 Å². The molecule has 0 saturated carbocycles. The normalized spacial score (nSPS) is 12.1. The van der Waals surface area contributed by atoms with Gasteiger partial charge in [-0.25, -0.2) is 14.6 Å². The SMILES string of the molecule is O=C(CCCNc1ccccn1)N[C@@H](CCCCNC(=O)OCc1ccccc1)C(=O)NC(CC(=O)OC(=O)C(F)(F)F)c1ccc(-c2ccccc2)cc1. The lowest BCUT2D eigenvalue weighted by Gasteiger charge is -2.24. The monoisotopic (exact) mass is 761 g/mol. The number of nitrogens with one attached hydrogen (secondary N) is 4. The van der Waals surface area contributed by atoms with Crippen LogP contribution in [0.3, 0.4) is 0 Å². The quantitative estimate of drug-likeness (QED) is 0.0481. The molecule has 2 atom stereocenters. The second-order valence-electron chi connectivity index (χ2n) is 12.4. The van der Waals surface area contributed by atoms with E-state index in [1.54, 1.807) is 42.6 Å². The zero-order valence-corrected chi connectivity index (χ0v) is 29.8. The Morgan fingerprint density at radius 2 is 1.40 bits per heavy atom. The number of halogens is 3. The number of ether oxygens (including phenoxy) is 2. The maximum absolute atomic E-state index is 13.8. The van der Waals surface area contributed by atoms with Crippen molar-refractivity contribution in [2.24, 2.45) is 0 Å². The van der Waals surface area contributed by atoms with Gasteiger partial charge < -0.3 is 30.7 Å². The molecule has 0 bridgehead atoms. The Hall–Kier alpha value is -6.25. The third kappa shape index (κ3) is 15.0. The highest BCUT2D eigenvalue weighted by Crippen LogP contribution is 2.25. The molecule has 15 heteroatoms. The smallest absolute Gasteiger partial charge is 0.445 e. The average Bonchev–Trinajstić information content (AvgIpc) is 3.18. The molecule has 1 aromatic heterocycles. The highest BCUT2D eigenvalue weighted by Gasteiger charge is 2.42. The van der Waals surface area contributed by atoms with Crippen molar-refractivity contribution in [1.29, 1.82) is 0 Å². The van der Waals surface area contributed by atoms with Crippen LogP contribution in [0.2, 0.25) is 0 Å². The summed E-state index contributed by atoms with van der Waals surface area (Å²) in [5.74, 6) is -4.71. The zero-order valence-electron chi connectivity index (χ0n) is 29.8. The number of hydrogen-bond donors (Lipinski definition) is 4. The van der Waals surface area contributed by atoms with Crippen molar-refractivity contribution in [3.63, 3.8) is 0 Å². The summed E-state index contributed by atoms with van der Waals surface area (Å²) in [7, 11) is 0. The van der Waals surface area contributed by atoms with Gasteiger partial charge in [-0.3, -0.25) is 14.4 Å². The number of carbonyl (C=O) groups is 5. The van der Waals surface area contributed by atoms with Gasteiger partial charge in [0, 0.05) is 25.7 Å². The van der Waals surface area contributed by atoms with Crippen LogP contribution in [0, 0.1) is 0 Å². The van der Waals surface area contributed by atoms with Gasteiger partial charge in [-0.1, -0.05) is 91.0 Å². The first kappa shape index (κ1) is 41.5. The maximum Gasteiger partial charge on any atom is 0.491 e. The summed E-state index contributed by atoms with van der Waals surface area (Å²) in [6.45, 7) is 0.726. The summed E-state index contributed by atoms with van der Waals surface area (Å²) in [4.78, 5) is 67.1. The van der Waals surface area contributed by atoms with E-state index in [-0.39, 0.29) is 26.0 Å². The maximum atomic E-state index is 13.8. The predicted octanol–water partition coefficient (Wildman–Crippen LogP) is 6.40. The molecule has 1 unspecified atom stereocenters. The minimum Gasteiger partial charge on any atom is -0.445 e. The largest absolute Gasteiger partial charge is 0.491 e. The van der Waals surface area contributed by atoms with Crippen molar-refractivity contribution in [3.05, 3.63) is 120 Å². The van der Waals surface area contributed by atoms with Crippen molar-refractivity contribution in [3.8, 4) is 11.1 Å². The van der Waals surface area contributed by atoms with Crippen LogP contribution in [0.5, 0.6) is 0 Å². The summed E-state index contributed by atoms with van der Waals surface area (Å²) in [6.07, 6.45) is -3.88.